The Kier molecular flexibility index (Phi) is 4.80. The Morgan fingerprint density at radius 2 is 1.75 bits per heavy atom. The van der Waals surface area contributed by atoms with Crippen molar-refractivity contribution in [3.8, 4) is 0 Å². The highest BCUT2D eigenvalue weighted by atomic mass is 16.3. The molecule has 0 aromatic carbocycles. The minimum Gasteiger partial charge on any atom is -0.396 e. The van der Waals surface area contributed by atoms with Crippen molar-refractivity contribution in [1.29, 1.82) is 0 Å². The smallest absolute Gasteiger partial charge is 0.0471 e. The van der Waals surface area contributed by atoms with Crippen LogP contribution in [0.4, 0.5) is 0 Å². The average molecular weight is 173 g/mol. The Hall–Kier alpha value is -0.0800. The number of hydrogen-bond donors (Lipinski definition) is 1. The Bertz CT molecular complexity index is 115. The van der Waals surface area contributed by atoms with Crippen molar-refractivity contribution in [3.05, 3.63) is 0 Å². The van der Waals surface area contributed by atoms with Gasteiger partial charge in [-0.05, 0) is 31.8 Å². The summed E-state index contributed by atoms with van der Waals surface area (Å²) in [4.78, 5) is 2.13. The summed E-state index contributed by atoms with van der Waals surface area (Å²) >= 11 is 0. The summed E-state index contributed by atoms with van der Waals surface area (Å²) in [5.74, 6) is 0.417. The summed E-state index contributed by atoms with van der Waals surface area (Å²) in [6.07, 6.45) is 1.08. The molecule has 0 heterocycles. The quantitative estimate of drug-likeness (QED) is 0.698. The van der Waals surface area contributed by atoms with Crippen LogP contribution in [0.2, 0.25) is 0 Å². The summed E-state index contributed by atoms with van der Waals surface area (Å²) in [6, 6.07) is 0. The van der Waals surface area contributed by atoms with E-state index in [1.165, 1.54) is 0 Å². The average Bonchev–Trinajstić information content (AvgIpc) is 1.82. The summed E-state index contributed by atoms with van der Waals surface area (Å²) in [5, 5.41) is 9.11. The van der Waals surface area contributed by atoms with Crippen LogP contribution in [0, 0.1) is 11.3 Å². The fourth-order valence-electron chi connectivity index (χ4n) is 1.57. The molecule has 0 aromatic rings. The van der Waals surface area contributed by atoms with Crippen molar-refractivity contribution in [2.24, 2.45) is 11.3 Å². The first kappa shape index (κ1) is 11.9. The first-order chi connectivity index (χ1) is 5.35. The number of aliphatic hydroxyl groups is 1. The predicted octanol–water partition coefficient (Wildman–Crippen LogP) is 1.59. The molecule has 2 nitrogen and oxygen atoms in total. The highest BCUT2D eigenvalue weighted by Gasteiger charge is 2.18. The fraction of sp³-hybridized carbons (Fsp3) is 1.00. The standard InChI is InChI=1S/C10H23NO/c1-10(2,3)6-9(8-12)7-11(4)5/h9,12H,6-8H2,1-5H3. The third-order valence-corrected chi connectivity index (χ3v) is 1.78. The molecule has 0 radical (unpaired) electrons. The molecular formula is C10H23NO. The van der Waals surface area contributed by atoms with Crippen molar-refractivity contribution in [1.82, 2.24) is 4.90 Å². The molecule has 74 valence electrons. The number of rotatable bonds is 4. The van der Waals surface area contributed by atoms with E-state index in [-0.39, 0.29) is 0 Å². The second-order valence-corrected chi connectivity index (χ2v) is 5.08. The van der Waals surface area contributed by atoms with Crippen molar-refractivity contribution in [2.45, 2.75) is 27.2 Å². The molecule has 1 atom stereocenters. The van der Waals surface area contributed by atoms with Gasteiger partial charge in [0, 0.05) is 13.2 Å². The van der Waals surface area contributed by atoms with E-state index in [1.54, 1.807) is 0 Å². The predicted molar refractivity (Wildman–Crippen MR) is 53.2 cm³/mol. The molecule has 0 amide bonds. The molecular weight excluding hydrogens is 150 g/mol. The van der Waals surface area contributed by atoms with E-state index < -0.39 is 0 Å². The van der Waals surface area contributed by atoms with E-state index in [9.17, 15) is 0 Å². The van der Waals surface area contributed by atoms with Crippen LogP contribution in [0.25, 0.3) is 0 Å². The fourth-order valence-corrected chi connectivity index (χ4v) is 1.57. The van der Waals surface area contributed by atoms with Gasteiger partial charge in [-0.25, -0.2) is 0 Å². The zero-order chi connectivity index (χ0) is 9.78. The van der Waals surface area contributed by atoms with E-state index in [4.69, 9.17) is 5.11 Å². The summed E-state index contributed by atoms with van der Waals surface area (Å²) in [5.41, 5.74) is 0.323. The molecule has 0 rings (SSSR count). The van der Waals surface area contributed by atoms with Gasteiger partial charge in [0.1, 0.15) is 0 Å². The summed E-state index contributed by atoms with van der Waals surface area (Å²) < 4.78 is 0. The van der Waals surface area contributed by atoms with Crippen LogP contribution in [-0.2, 0) is 0 Å². The Labute approximate surface area is 76.6 Å². The van der Waals surface area contributed by atoms with E-state index in [0.717, 1.165) is 13.0 Å². The SMILES string of the molecule is CN(C)CC(CO)CC(C)(C)C. The van der Waals surface area contributed by atoms with Gasteiger partial charge in [0.05, 0.1) is 0 Å². The normalized spacial score (nSPS) is 15.2. The van der Waals surface area contributed by atoms with Gasteiger partial charge < -0.3 is 10.0 Å². The highest BCUT2D eigenvalue weighted by Crippen LogP contribution is 2.24. The third-order valence-electron chi connectivity index (χ3n) is 1.78. The van der Waals surface area contributed by atoms with Gasteiger partial charge in [-0.2, -0.15) is 0 Å². The molecule has 1 N–H and O–H groups in total. The van der Waals surface area contributed by atoms with Gasteiger partial charge in [0.2, 0.25) is 0 Å². The van der Waals surface area contributed by atoms with Gasteiger partial charge in [0.15, 0.2) is 0 Å². The first-order valence-corrected chi connectivity index (χ1v) is 4.61. The number of aliphatic hydroxyl groups excluding tert-OH is 1. The molecule has 0 aliphatic rings. The van der Waals surface area contributed by atoms with Crippen LogP contribution in [0.3, 0.4) is 0 Å². The maximum absolute atomic E-state index is 9.11. The van der Waals surface area contributed by atoms with E-state index in [1.807, 2.05) is 14.1 Å². The molecule has 12 heavy (non-hydrogen) atoms. The number of nitrogens with zero attached hydrogens (tertiary/aromatic N) is 1. The first-order valence-electron chi connectivity index (χ1n) is 4.61. The van der Waals surface area contributed by atoms with Crippen molar-refractivity contribution in [3.63, 3.8) is 0 Å². The molecule has 1 unspecified atom stereocenters. The van der Waals surface area contributed by atoms with Gasteiger partial charge in [-0.1, -0.05) is 20.8 Å². The molecule has 0 saturated carbocycles. The molecule has 0 spiro atoms. The van der Waals surface area contributed by atoms with Crippen LogP contribution < -0.4 is 0 Å². The molecule has 0 fully saturated rings. The molecule has 0 bridgehead atoms. The van der Waals surface area contributed by atoms with Crippen LogP contribution in [0.1, 0.15) is 27.2 Å². The lowest BCUT2D eigenvalue weighted by atomic mass is 9.85. The van der Waals surface area contributed by atoms with Crippen molar-refractivity contribution < 1.29 is 5.11 Å². The Morgan fingerprint density at radius 1 is 1.25 bits per heavy atom. The summed E-state index contributed by atoms with van der Waals surface area (Å²) in [6.45, 7) is 7.92. The van der Waals surface area contributed by atoms with Crippen LogP contribution in [0.5, 0.6) is 0 Å². The van der Waals surface area contributed by atoms with Gasteiger partial charge >= 0.3 is 0 Å². The van der Waals surface area contributed by atoms with Gasteiger partial charge in [-0.3, -0.25) is 0 Å². The Morgan fingerprint density at radius 3 is 2.00 bits per heavy atom. The van der Waals surface area contributed by atoms with E-state index >= 15 is 0 Å². The van der Waals surface area contributed by atoms with Crippen LogP contribution in [-0.4, -0.2) is 37.3 Å². The zero-order valence-electron chi connectivity index (χ0n) is 9.09. The maximum atomic E-state index is 9.11. The van der Waals surface area contributed by atoms with Gasteiger partial charge in [0.25, 0.3) is 0 Å². The van der Waals surface area contributed by atoms with Crippen LogP contribution in [0.15, 0.2) is 0 Å². The lowest BCUT2D eigenvalue weighted by Crippen LogP contribution is -2.27. The second-order valence-electron chi connectivity index (χ2n) is 5.08. The lowest BCUT2D eigenvalue weighted by molar-refractivity contribution is 0.150. The van der Waals surface area contributed by atoms with Crippen LogP contribution >= 0.6 is 0 Å². The molecule has 2 heteroatoms. The van der Waals surface area contributed by atoms with E-state index in [2.05, 4.69) is 25.7 Å². The van der Waals surface area contributed by atoms with E-state index in [0.29, 0.717) is 17.9 Å². The third kappa shape index (κ3) is 6.62. The Balaban J connectivity index is 3.83. The number of hydrogen-bond acceptors (Lipinski definition) is 2. The van der Waals surface area contributed by atoms with Crippen molar-refractivity contribution in [2.75, 3.05) is 27.2 Å². The molecule has 0 aliphatic carbocycles. The summed E-state index contributed by atoms with van der Waals surface area (Å²) in [7, 11) is 4.09. The van der Waals surface area contributed by atoms with Gasteiger partial charge in [-0.15, -0.1) is 0 Å². The topological polar surface area (TPSA) is 23.5 Å². The maximum Gasteiger partial charge on any atom is 0.0471 e. The molecule has 0 aromatic heterocycles. The minimum absolute atomic E-state index is 0.301. The monoisotopic (exact) mass is 173 g/mol. The molecule has 0 aliphatic heterocycles. The zero-order valence-corrected chi connectivity index (χ0v) is 9.09. The van der Waals surface area contributed by atoms with Crippen molar-refractivity contribution >= 4 is 0 Å². The lowest BCUT2D eigenvalue weighted by Gasteiger charge is -2.26. The highest BCUT2D eigenvalue weighted by molar-refractivity contribution is 4.70. The minimum atomic E-state index is 0.301. The largest absolute Gasteiger partial charge is 0.396 e. The molecule has 0 saturated heterocycles. The second kappa shape index (κ2) is 4.83.